The molecule has 120 valence electrons. The van der Waals surface area contributed by atoms with Crippen molar-refractivity contribution in [1.82, 2.24) is 15.1 Å². The largest absolute Gasteiger partial charge is 0.492 e. The van der Waals surface area contributed by atoms with Crippen LogP contribution in [0.5, 0.6) is 5.75 Å². The molecule has 2 aliphatic heterocycles. The molecule has 2 atom stereocenters. The molecule has 7 nitrogen and oxygen atoms in total. The Balaban J connectivity index is 1.61. The highest BCUT2D eigenvalue weighted by atomic mass is 16.5. The molecule has 0 spiro atoms. The summed E-state index contributed by atoms with van der Waals surface area (Å²) in [6, 6.07) is 7.32. The van der Waals surface area contributed by atoms with Gasteiger partial charge in [0.2, 0.25) is 17.7 Å². The number of ether oxygens (including phenoxy) is 2. The molecule has 0 bridgehead atoms. The zero-order valence-electron chi connectivity index (χ0n) is 12.8. The second-order valence-electron chi connectivity index (χ2n) is 5.68. The van der Waals surface area contributed by atoms with Crippen LogP contribution in [0, 0.1) is 6.92 Å². The Morgan fingerprint density at radius 2 is 2.13 bits per heavy atom. The molecule has 0 saturated carbocycles. The van der Waals surface area contributed by atoms with Gasteiger partial charge in [-0.05, 0) is 6.07 Å². The van der Waals surface area contributed by atoms with Crippen molar-refractivity contribution in [3.63, 3.8) is 0 Å². The number of aromatic nitrogens is 2. The molecule has 2 aliphatic rings. The van der Waals surface area contributed by atoms with Crippen molar-refractivity contribution in [1.29, 1.82) is 0 Å². The van der Waals surface area contributed by atoms with Crippen molar-refractivity contribution in [2.24, 2.45) is 0 Å². The molecule has 23 heavy (non-hydrogen) atoms. The number of benzene rings is 1. The SMILES string of the molecule is Cc1nnc([C@@H]2COCCN2C(=O)[C@@H]2COc3ccccc32)o1. The molecule has 2 aromatic rings. The third-order valence-electron chi connectivity index (χ3n) is 4.24. The van der Waals surface area contributed by atoms with Crippen LogP contribution in [0.2, 0.25) is 0 Å². The van der Waals surface area contributed by atoms with Gasteiger partial charge in [-0.15, -0.1) is 10.2 Å². The molecule has 1 aromatic heterocycles. The Bertz CT molecular complexity index is 730. The van der Waals surface area contributed by atoms with Gasteiger partial charge in [0.25, 0.3) is 0 Å². The molecule has 3 heterocycles. The molecular weight excluding hydrogens is 298 g/mol. The molecule has 0 unspecified atom stereocenters. The molecule has 0 aliphatic carbocycles. The fourth-order valence-electron chi connectivity index (χ4n) is 3.09. The van der Waals surface area contributed by atoms with Gasteiger partial charge in [-0.3, -0.25) is 4.79 Å². The van der Waals surface area contributed by atoms with Crippen LogP contribution in [0.15, 0.2) is 28.7 Å². The van der Waals surface area contributed by atoms with Crippen molar-refractivity contribution in [2.45, 2.75) is 18.9 Å². The smallest absolute Gasteiger partial charge is 0.241 e. The molecule has 7 heteroatoms. The number of nitrogens with zero attached hydrogens (tertiary/aromatic N) is 3. The van der Waals surface area contributed by atoms with Crippen LogP contribution in [0.1, 0.15) is 29.3 Å². The minimum atomic E-state index is -0.342. The number of para-hydroxylation sites is 1. The van der Waals surface area contributed by atoms with E-state index in [1.54, 1.807) is 11.8 Å². The average Bonchev–Trinajstić information content (AvgIpc) is 3.20. The zero-order chi connectivity index (χ0) is 15.8. The molecule has 1 fully saturated rings. The van der Waals surface area contributed by atoms with E-state index in [0.29, 0.717) is 38.1 Å². The van der Waals surface area contributed by atoms with Crippen molar-refractivity contribution in [3.8, 4) is 5.75 Å². The van der Waals surface area contributed by atoms with E-state index in [-0.39, 0.29) is 17.9 Å². The lowest BCUT2D eigenvalue weighted by molar-refractivity contribution is -0.143. The number of carbonyl (C=O) groups is 1. The molecular formula is C16H17N3O4. The Kier molecular flexibility index (Phi) is 3.49. The minimum absolute atomic E-state index is 0.0131. The van der Waals surface area contributed by atoms with E-state index in [1.807, 2.05) is 24.3 Å². The van der Waals surface area contributed by atoms with E-state index in [4.69, 9.17) is 13.9 Å². The van der Waals surface area contributed by atoms with Crippen LogP contribution in [-0.2, 0) is 9.53 Å². The van der Waals surface area contributed by atoms with Crippen LogP contribution in [0.25, 0.3) is 0 Å². The van der Waals surface area contributed by atoms with Crippen LogP contribution in [0.4, 0.5) is 0 Å². The number of hydrogen-bond donors (Lipinski definition) is 0. The van der Waals surface area contributed by atoms with Gasteiger partial charge in [-0.1, -0.05) is 18.2 Å². The van der Waals surface area contributed by atoms with Gasteiger partial charge >= 0.3 is 0 Å². The monoisotopic (exact) mass is 315 g/mol. The lowest BCUT2D eigenvalue weighted by atomic mass is 9.98. The molecule has 4 rings (SSSR count). The van der Waals surface area contributed by atoms with Crippen molar-refractivity contribution in [3.05, 3.63) is 41.6 Å². The predicted molar refractivity (Wildman–Crippen MR) is 79.0 cm³/mol. The summed E-state index contributed by atoms with van der Waals surface area (Å²) in [4.78, 5) is 14.8. The normalized spacial score (nSPS) is 23.4. The highest BCUT2D eigenvalue weighted by molar-refractivity contribution is 5.86. The number of carbonyl (C=O) groups excluding carboxylic acids is 1. The highest BCUT2D eigenvalue weighted by Crippen LogP contribution is 2.36. The van der Waals surface area contributed by atoms with Gasteiger partial charge in [0, 0.05) is 19.0 Å². The summed E-state index contributed by atoms with van der Waals surface area (Å²) < 4.78 is 16.7. The van der Waals surface area contributed by atoms with Crippen molar-refractivity contribution >= 4 is 5.91 Å². The standard InChI is InChI=1S/C16H17N3O4/c1-10-17-18-15(23-10)13-9-21-7-6-19(13)16(20)12-8-22-14-5-3-2-4-11(12)14/h2-5,12-13H,6-9H2,1H3/t12-,13+/m1/s1. The van der Waals surface area contributed by atoms with Gasteiger partial charge in [-0.25, -0.2) is 0 Å². The number of fused-ring (bicyclic) bond motifs is 1. The first kappa shape index (κ1) is 14.2. The quantitative estimate of drug-likeness (QED) is 0.835. The molecule has 1 saturated heterocycles. The first-order valence-electron chi connectivity index (χ1n) is 7.64. The van der Waals surface area contributed by atoms with E-state index in [2.05, 4.69) is 10.2 Å². The van der Waals surface area contributed by atoms with E-state index >= 15 is 0 Å². The molecule has 0 N–H and O–H groups in total. The van der Waals surface area contributed by atoms with Gasteiger partial charge in [0.15, 0.2) is 0 Å². The third-order valence-corrected chi connectivity index (χ3v) is 4.24. The van der Waals surface area contributed by atoms with Crippen molar-refractivity contribution < 1.29 is 18.7 Å². The summed E-state index contributed by atoms with van der Waals surface area (Å²) in [5, 5.41) is 7.91. The summed E-state index contributed by atoms with van der Waals surface area (Å²) in [5.41, 5.74) is 0.935. The van der Waals surface area contributed by atoms with Crippen LogP contribution >= 0.6 is 0 Å². The van der Waals surface area contributed by atoms with Gasteiger partial charge in [0.1, 0.15) is 24.3 Å². The minimum Gasteiger partial charge on any atom is -0.492 e. The summed E-state index contributed by atoms with van der Waals surface area (Å²) >= 11 is 0. The first-order valence-corrected chi connectivity index (χ1v) is 7.64. The summed E-state index contributed by atoms with van der Waals surface area (Å²) in [5.74, 6) is 1.40. The van der Waals surface area contributed by atoms with E-state index < -0.39 is 0 Å². The van der Waals surface area contributed by atoms with Crippen LogP contribution < -0.4 is 4.74 Å². The van der Waals surface area contributed by atoms with Gasteiger partial charge < -0.3 is 18.8 Å². The lowest BCUT2D eigenvalue weighted by Crippen LogP contribution is -2.45. The second kappa shape index (κ2) is 5.66. The van der Waals surface area contributed by atoms with E-state index in [9.17, 15) is 4.79 Å². The number of rotatable bonds is 2. The summed E-state index contributed by atoms with van der Waals surface area (Å²) in [6.07, 6.45) is 0. The fourth-order valence-corrected chi connectivity index (χ4v) is 3.09. The zero-order valence-corrected chi connectivity index (χ0v) is 12.8. The fraction of sp³-hybridized carbons (Fsp3) is 0.438. The highest BCUT2D eigenvalue weighted by Gasteiger charge is 2.39. The maximum absolute atomic E-state index is 13.1. The average molecular weight is 315 g/mol. The number of amides is 1. The van der Waals surface area contributed by atoms with Crippen LogP contribution in [0.3, 0.4) is 0 Å². The number of morpholine rings is 1. The lowest BCUT2D eigenvalue weighted by Gasteiger charge is -2.34. The van der Waals surface area contributed by atoms with Gasteiger partial charge in [0.05, 0.1) is 13.2 Å². The first-order chi connectivity index (χ1) is 11.2. The van der Waals surface area contributed by atoms with E-state index in [1.165, 1.54) is 0 Å². The van der Waals surface area contributed by atoms with Gasteiger partial charge in [-0.2, -0.15) is 0 Å². The molecule has 1 amide bonds. The maximum atomic E-state index is 13.1. The predicted octanol–water partition coefficient (Wildman–Crippen LogP) is 1.45. The topological polar surface area (TPSA) is 77.7 Å². The maximum Gasteiger partial charge on any atom is 0.241 e. The third kappa shape index (κ3) is 2.46. The number of hydrogen-bond acceptors (Lipinski definition) is 6. The Hall–Kier alpha value is -2.41. The number of aryl methyl sites for hydroxylation is 1. The Labute approximate surface area is 133 Å². The summed E-state index contributed by atoms with van der Waals surface area (Å²) in [7, 11) is 0. The molecule has 1 aromatic carbocycles. The second-order valence-corrected chi connectivity index (χ2v) is 5.68. The van der Waals surface area contributed by atoms with Crippen molar-refractivity contribution in [2.75, 3.05) is 26.4 Å². The molecule has 0 radical (unpaired) electrons. The van der Waals surface area contributed by atoms with Crippen LogP contribution in [-0.4, -0.2) is 47.4 Å². The summed E-state index contributed by atoms with van der Waals surface area (Å²) in [6.45, 7) is 3.47. The van der Waals surface area contributed by atoms with E-state index in [0.717, 1.165) is 11.3 Å². The Morgan fingerprint density at radius 1 is 1.26 bits per heavy atom. The Morgan fingerprint density at radius 3 is 2.96 bits per heavy atom.